The summed E-state index contributed by atoms with van der Waals surface area (Å²) in [4.78, 5) is 34.3. The lowest BCUT2D eigenvalue weighted by molar-refractivity contribution is -0.139. The highest BCUT2D eigenvalue weighted by molar-refractivity contribution is 5.82. The van der Waals surface area contributed by atoms with Gasteiger partial charge in [0.1, 0.15) is 5.82 Å². The molecule has 0 atom stereocenters. The van der Waals surface area contributed by atoms with E-state index >= 15 is 0 Å². The first kappa shape index (κ1) is 19.2. The van der Waals surface area contributed by atoms with Crippen LogP contribution >= 0.6 is 0 Å². The molecule has 1 aliphatic rings. The van der Waals surface area contributed by atoms with E-state index in [4.69, 9.17) is 14.2 Å². The number of methoxy groups -OCH3 is 2. The fraction of sp³-hybridized carbons (Fsp3) is 0.526. The summed E-state index contributed by atoms with van der Waals surface area (Å²) in [6, 6.07) is 3.28. The van der Waals surface area contributed by atoms with Gasteiger partial charge in [0.2, 0.25) is 5.91 Å². The van der Waals surface area contributed by atoms with Crippen molar-refractivity contribution in [2.45, 2.75) is 26.3 Å². The maximum atomic E-state index is 12.8. The highest BCUT2D eigenvalue weighted by Gasteiger charge is 2.26. The number of amides is 1. The van der Waals surface area contributed by atoms with E-state index in [0.29, 0.717) is 48.0 Å². The molecule has 1 N–H and O–H groups in total. The normalized spacial score (nSPS) is 14.9. The van der Waals surface area contributed by atoms with Gasteiger partial charge in [0.05, 0.1) is 31.7 Å². The number of nitrogens with one attached hydrogen (secondary N) is 1. The average Bonchev–Trinajstić information content (AvgIpc) is 2.71. The fourth-order valence-corrected chi connectivity index (χ4v) is 3.32. The molecule has 1 fully saturated rings. The number of H-pyrrole nitrogens is 1. The van der Waals surface area contributed by atoms with Gasteiger partial charge in [-0.05, 0) is 25.8 Å². The van der Waals surface area contributed by atoms with Gasteiger partial charge in [-0.25, -0.2) is 4.98 Å². The number of hydrogen-bond donors (Lipinski definition) is 1. The van der Waals surface area contributed by atoms with Crippen molar-refractivity contribution in [3.63, 3.8) is 0 Å². The van der Waals surface area contributed by atoms with Gasteiger partial charge < -0.3 is 24.1 Å². The molecule has 1 amide bonds. The van der Waals surface area contributed by atoms with Gasteiger partial charge in [-0.15, -0.1) is 0 Å². The van der Waals surface area contributed by atoms with Crippen LogP contribution in [0, 0.1) is 5.92 Å². The Morgan fingerprint density at radius 2 is 1.93 bits per heavy atom. The highest BCUT2D eigenvalue weighted by Crippen LogP contribution is 2.30. The molecule has 1 aliphatic heterocycles. The quantitative estimate of drug-likeness (QED) is 0.826. The number of fused-ring (bicyclic) bond motifs is 1. The second-order valence-corrected chi connectivity index (χ2v) is 6.48. The first-order valence-corrected chi connectivity index (χ1v) is 9.08. The van der Waals surface area contributed by atoms with Crippen molar-refractivity contribution in [3.05, 3.63) is 28.3 Å². The molecular formula is C19H25N3O5. The number of benzene rings is 1. The predicted molar refractivity (Wildman–Crippen MR) is 100 cm³/mol. The third-order valence-corrected chi connectivity index (χ3v) is 4.86. The number of aromatic nitrogens is 2. The van der Waals surface area contributed by atoms with Crippen LogP contribution in [-0.4, -0.2) is 54.8 Å². The lowest BCUT2D eigenvalue weighted by Gasteiger charge is -2.28. The first-order valence-electron chi connectivity index (χ1n) is 9.08. The van der Waals surface area contributed by atoms with Crippen LogP contribution in [0.1, 0.15) is 25.6 Å². The molecule has 8 nitrogen and oxygen atoms in total. The lowest BCUT2D eigenvalue weighted by atomic mass is 9.98. The van der Waals surface area contributed by atoms with Crippen molar-refractivity contribution < 1.29 is 19.0 Å². The third-order valence-electron chi connectivity index (χ3n) is 4.86. The number of rotatable bonds is 6. The molecule has 0 aliphatic carbocycles. The second kappa shape index (κ2) is 8.39. The summed E-state index contributed by atoms with van der Waals surface area (Å²) in [6.07, 6.45) is 1.46. The van der Waals surface area contributed by atoms with E-state index in [9.17, 15) is 9.59 Å². The van der Waals surface area contributed by atoms with Crippen LogP contribution in [-0.2, 0) is 16.1 Å². The molecule has 0 spiro atoms. The maximum absolute atomic E-state index is 12.8. The zero-order valence-corrected chi connectivity index (χ0v) is 15.9. The van der Waals surface area contributed by atoms with Gasteiger partial charge in [-0.2, -0.15) is 0 Å². The maximum Gasteiger partial charge on any atom is 0.258 e. The van der Waals surface area contributed by atoms with Gasteiger partial charge >= 0.3 is 0 Å². The SMILES string of the molecule is CCN(Cc1nc2cc(OC)c(OC)cc2c(=O)[nH]1)C(=O)C1CCOCC1. The number of hydrogen-bond acceptors (Lipinski definition) is 6. The Bertz CT molecular complexity index is 874. The summed E-state index contributed by atoms with van der Waals surface area (Å²) in [5, 5.41) is 0.412. The predicted octanol–water partition coefficient (Wildman–Crippen LogP) is 1.72. The Labute approximate surface area is 157 Å². The second-order valence-electron chi connectivity index (χ2n) is 6.48. The minimum atomic E-state index is -0.273. The summed E-state index contributed by atoms with van der Waals surface area (Å²) < 4.78 is 15.9. The van der Waals surface area contributed by atoms with Crippen LogP contribution in [0.15, 0.2) is 16.9 Å². The molecule has 8 heteroatoms. The van der Waals surface area contributed by atoms with E-state index in [-0.39, 0.29) is 23.9 Å². The highest BCUT2D eigenvalue weighted by atomic mass is 16.5. The topological polar surface area (TPSA) is 93.8 Å². The van der Waals surface area contributed by atoms with Gasteiger partial charge in [0.25, 0.3) is 5.56 Å². The number of carbonyl (C=O) groups is 1. The van der Waals surface area contributed by atoms with Crippen molar-refractivity contribution in [2.75, 3.05) is 34.0 Å². The molecule has 0 unspecified atom stereocenters. The van der Waals surface area contributed by atoms with E-state index in [1.54, 1.807) is 17.0 Å². The summed E-state index contributed by atoms with van der Waals surface area (Å²) in [7, 11) is 3.05. The van der Waals surface area contributed by atoms with Crippen molar-refractivity contribution in [1.29, 1.82) is 0 Å². The van der Waals surface area contributed by atoms with Crippen LogP contribution < -0.4 is 15.0 Å². The van der Waals surface area contributed by atoms with Crippen molar-refractivity contribution in [3.8, 4) is 11.5 Å². The van der Waals surface area contributed by atoms with Crippen LogP contribution in [0.3, 0.4) is 0 Å². The van der Waals surface area contributed by atoms with Gasteiger partial charge in [-0.1, -0.05) is 0 Å². The average molecular weight is 375 g/mol. The molecular weight excluding hydrogens is 350 g/mol. The lowest BCUT2D eigenvalue weighted by Crippen LogP contribution is -2.38. The summed E-state index contributed by atoms with van der Waals surface area (Å²) >= 11 is 0. The fourth-order valence-electron chi connectivity index (χ4n) is 3.32. The van der Waals surface area contributed by atoms with Crippen molar-refractivity contribution >= 4 is 16.8 Å². The van der Waals surface area contributed by atoms with Gasteiger partial charge in [-0.3, -0.25) is 9.59 Å². The molecule has 3 rings (SSSR count). The van der Waals surface area contributed by atoms with Gasteiger partial charge in [0.15, 0.2) is 11.5 Å². The van der Waals surface area contributed by atoms with Crippen molar-refractivity contribution in [2.24, 2.45) is 5.92 Å². The van der Waals surface area contributed by atoms with E-state index in [1.165, 1.54) is 14.2 Å². The molecule has 1 aromatic carbocycles. The summed E-state index contributed by atoms with van der Waals surface area (Å²) in [5.74, 6) is 1.46. The summed E-state index contributed by atoms with van der Waals surface area (Å²) in [6.45, 7) is 3.95. The zero-order valence-electron chi connectivity index (χ0n) is 15.9. The standard InChI is InChI=1S/C19H25N3O5/c1-4-22(19(24)12-5-7-27-8-6-12)11-17-20-14-10-16(26-3)15(25-2)9-13(14)18(23)21-17/h9-10,12H,4-8,11H2,1-3H3,(H,20,21,23). The number of nitrogens with zero attached hydrogens (tertiary/aromatic N) is 2. The molecule has 2 aromatic rings. The van der Waals surface area contributed by atoms with Crippen LogP contribution in [0.2, 0.25) is 0 Å². The Morgan fingerprint density at radius 1 is 1.26 bits per heavy atom. The number of aromatic amines is 1. The molecule has 1 aromatic heterocycles. The Balaban J connectivity index is 1.89. The molecule has 1 saturated heterocycles. The number of carbonyl (C=O) groups excluding carboxylic acids is 1. The third kappa shape index (κ3) is 4.05. The molecule has 0 radical (unpaired) electrons. The molecule has 0 saturated carbocycles. The Hall–Kier alpha value is -2.61. The van der Waals surface area contributed by atoms with E-state index in [1.807, 2.05) is 6.92 Å². The van der Waals surface area contributed by atoms with E-state index < -0.39 is 0 Å². The van der Waals surface area contributed by atoms with Crippen LogP contribution in [0.5, 0.6) is 11.5 Å². The largest absolute Gasteiger partial charge is 0.493 e. The van der Waals surface area contributed by atoms with E-state index in [2.05, 4.69) is 9.97 Å². The monoisotopic (exact) mass is 375 g/mol. The first-order chi connectivity index (χ1) is 13.1. The minimum absolute atomic E-state index is 0.0322. The molecule has 27 heavy (non-hydrogen) atoms. The Morgan fingerprint density at radius 3 is 2.56 bits per heavy atom. The van der Waals surface area contributed by atoms with Gasteiger partial charge in [0, 0.05) is 31.7 Å². The number of ether oxygens (including phenoxy) is 3. The molecule has 146 valence electrons. The minimum Gasteiger partial charge on any atom is -0.493 e. The summed E-state index contributed by atoms with van der Waals surface area (Å²) in [5.41, 5.74) is 0.228. The van der Waals surface area contributed by atoms with Crippen LogP contribution in [0.4, 0.5) is 0 Å². The smallest absolute Gasteiger partial charge is 0.258 e. The Kier molecular flexibility index (Phi) is 5.95. The molecule has 2 heterocycles. The van der Waals surface area contributed by atoms with Crippen LogP contribution in [0.25, 0.3) is 10.9 Å². The van der Waals surface area contributed by atoms with Crippen molar-refractivity contribution in [1.82, 2.24) is 14.9 Å². The molecule has 0 bridgehead atoms. The van der Waals surface area contributed by atoms with E-state index in [0.717, 1.165) is 12.8 Å². The zero-order chi connectivity index (χ0) is 19.4.